The molecular formula is C27H29N5O3. The highest BCUT2D eigenvalue weighted by Gasteiger charge is 2.72. The summed E-state index contributed by atoms with van der Waals surface area (Å²) in [7, 11) is 0. The number of phenols is 1. The second kappa shape index (κ2) is 6.30. The first-order valence-electron chi connectivity index (χ1n) is 12.6. The van der Waals surface area contributed by atoms with Gasteiger partial charge in [-0.3, -0.25) is 4.90 Å². The molecule has 1 aromatic heterocycles. The van der Waals surface area contributed by atoms with Crippen LogP contribution in [0, 0.1) is 5.92 Å². The molecule has 1 saturated carbocycles. The number of benzene rings is 2. The van der Waals surface area contributed by atoms with Gasteiger partial charge in [-0.2, -0.15) is 0 Å². The number of aromatic nitrogens is 1. The van der Waals surface area contributed by atoms with Crippen molar-refractivity contribution in [3.8, 4) is 11.5 Å². The molecule has 35 heavy (non-hydrogen) atoms. The first-order chi connectivity index (χ1) is 16.9. The minimum absolute atomic E-state index is 0.00457. The van der Waals surface area contributed by atoms with Gasteiger partial charge in [-0.15, -0.1) is 0 Å². The first-order valence-corrected chi connectivity index (χ1v) is 12.6. The van der Waals surface area contributed by atoms with E-state index in [1.807, 2.05) is 24.3 Å². The van der Waals surface area contributed by atoms with Crippen LogP contribution in [0.4, 0.5) is 5.69 Å². The zero-order chi connectivity index (χ0) is 23.7. The molecule has 180 valence electrons. The Morgan fingerprint density at radius 2 is 2.09 bits per heavy atom. The first kappa shape index (κ1) is 20.0. The van der Waals surface area contributed by atoms with Crippen LogP contribution in [-0.4, -0.2) is 50.8 Å². The number of fused-ring (bicyclic) bond motifs is 4. The Morgan fingerprint density at radius 1 is 1.23 bits per heavy atom. The van der Waals surface area contributed by atoms with E-state index >= 15 is 0 Å². The summed E-state index contributed by atoms with van der Waals surface area (Å²) in [4.78, 5) is 10.4. The molecule has 0 radical (unpaired) electrons. The van der Waals surface area contributed by atoms with Gasteiger partial charge >= 0.3 is 0 Å². The maximum absolute atomic E-state index is 12.9. The van der Waals surface area contributed by atoms with E-state index in [9.17, 15) is 10.2 Å². The van der Waals surface area contributed by atoms with Crippen LogP contribution in [0.3, 0.4) is 0 Å². The number of aromatic hydroxyl groups is 1. The van der Waals surface area contributed by atoms with E-state index in [2.05, 4.69) is 14.9 Å². The number of rotatable bonds is 3. The summed E-state index contributed by atoms with van der Waals surface area (Å²) in [6.07, 6.45) is 4.27. The number of piperidine rings is 1. The van der Waals surface area contributed by atoms with E-state index in [-0.39, 0.29) is 23.9 Å². The Balaban J connectivity index is 1.38. The van der Waals surface area contributed by atoms with Gasteiger partial charge in [0.1, 0.15) is 0 Å². The Kier molecular flexibility index (Phi) is 3.60. The van der Waals surface area contributed by atoms with Crippen molar-refractivity contribution < 1.29 is 14.9 Å². The summed E-state index contributed by atoms with van der Waals surface area (Å²) in [6, 6.07) is 9.64. The smallest absolute Gasteiger partial charge is 0.191 e. The summed E-state index contributed by atoms with van der Waals surface area (Å²) in [5, 5.41) is 24.7. The molecule has 2 unspecified atom stereocenters. The standard InChI is InChI=1S/C27H29N5O3/c28-25(29)30-15-4-5-18-16(10-15)17-11-27(34)20-9-14-3-6-19(33)23-21(14)26(27,24(35-23)22(17)31-18)7-8-32(20)12-13-1-2-13/h3-6,10,13,20,24,31,33-34H,1-2,7-9,11-12H2,(H4,28,29,30)/t20?,24?,26-,27+/m0/s1. The molecule has 1 spiro atoms. The van der Waals surface area contributed by atoms with Gasteiger partial charge in [0.15, 0.2) is 23.6 Å². The number of likely N-dealkylation sites (tertiary alicyclic amines) is 1. The lowest BCUT2D eigenvalue weighted by Crippen LogP contribution is -2.74. The fourth-order valence-corrected chi connectivity index (χ4v) is 7.83. The molecular weight excluding hydrogens is 442 g/mol. The molecule has 3 aliphatic carbocycles. The summed E-state index contributed by atoms with van der Waals surface area (Å²) >= 11 is 0. The molecule has 2 fully saturated rings. The highest BCUT2D eigenvalue weighted by molar-refractivity contribution is 5.90. The average molecular weight is 472 g/mol. The molecule has 2 aliphatic heterocycles. The van der Waals surface area contributed by atoms with Gasteiger partial charge in [0.2, 0.25) is 0 Å². The number of nitrogens with zero attached hydrogens (tertiary/aromatic N) is 2. The van der Waals surface area contributed by atoms with Crippen molar-refractivity contribution in [1.82, 2.24) is 9.88 Å². The molecule has 5 aliphatic rings. The number of aliphatic hydroxyl groups is 1. The molecule has 7 N–H and O–H groups in total. The predicted molar refractivity (Wildman–Crippen MR) is 132 cm³/mol. The maximum atomic E-state index is 12.9. The van der Waals surface area contributed by atoms with Crippen molar-refractivity contribution in [3.63, 3.8) is 0 Å². The van der Waals surface area contributed by atoms with E-state index in [4.69, 9.17) is 16.2 Å². The third-order valence-electron chi connectivity index (χ3n) is 9.40. The molecule has 4 atom stereocenters. The van der Waals surface area contributed by atoms with E-state index in [0.29, 0.717) is 17.9 Å². The number of hydrogen-bond acceptors (Lipinski definition) is 5. The van der Waals surface area contributed by atoms with Crippen LogP contribution in [0.5, 0.6) is 11.5 Å². The number of nitrogens with two attached hydrogens (primary N) is 2. The van der Waals surface area contributed by atoms with Crippen LogP contribution in [0.2, 0.25) is 0 Å². The predicted octanol–water partition coefficient (Wildman–Crippen LogP) is 2.48. The van der Waals surface area contributed by atoms with Gasteiger partial charge in [-0.25, -0.2) is 4.99 Å². The van der Waals surface area contributed by atoms with Crippen LogP contribution in [0.1, 0.15) is 47.8 Å². The van der Waals surface area contributed by atoms with Crippen molar-refractivity contribution in [1.29, 1.82) is 0 Å². The monoisotopic (exact) mass is 471 g/mol. The minimum atomic E-state index is -1.01. The number of hydrogen-bond donors (Lipinski definition) is 5. The van der Waals surface area contributed by atoms with E-state index in [1.165, 1.54) is 18.4 Å². The average Bonchev–Trinajstić information content (AvgIpc) is 3.46. The summed E-state index contributed by atoms with van der Waals surface area (Å²) < 4.78 is 6.63. The van der Waals surface area contributed by atoms with Crippen LogP contribution in [0.25, 0.3) is 10.9 Å². The lowest BCUT2D eigenvalue weighted by Gasteiger charge is -2.62. The maximum Gasteiger partial charge on any atom is 0.191 e. The van der Waals surface area contributed by atoms with Gasteiger partial charge in [0.25, 0.3) is 0 Å². The van der Waals surface area contributed by atoms with Crippen molar-refractivity contribution in [2.45, 2.75) is 55.3 Å². The third kappa shape index (κ3) is 2.37. The highest BCUT2D eigenvalue weighted by Crippen LogP contribution is 2.69. The number of phenolic OH excluding ortho intramolecular Hbond substituents is 1. The molecule has 0 amide bonds. The second-order valence-electron chi connectivity index (χ2n) is 11.2. The number of aliphatic imine (C=N–C) groups is 1. The third-order valence-corrected chi connectivity index (χ3v) is 9.40. The number of H-pyrrole nitrogens is 1. The summed E-state index contributed by atoms with van der Waals surface area (Å²) in [5.41, 5.74) is 15.6. The topological polar surface area (TPSA) is 133 Å². The molecule has 3 aromatic rings. The zero-order valence-corrected chi connectivity index (χ0v) is 19.4. The van der Waals surface area contributed by atoms with E-state index < -0.39 is 11.0 Å². The Bertz CT molecular complexity index is 1450. The Hall–Kier alpha value is -3.23. The van der Waals surface area contributed by atoms with Gasteiger partial charge in [0, 0.05) is 35.5 Å². The number of aromatic amines is 1. The lowest BCUT2D eigenvalue weighted by molar-refractivity contribution is -0.173. The van der Waals surface area contributed by atoms with Gasteiger partial charge in [0.05, 0.1) is 22.4 Å². The second-order valence-corrected chi connectivity index (χ2v) is 11.2. The molecule has 8 rings (SSSR count). The number of ether oxygens (including phenoxy) is 1. The lowest BCUT2D eigenvalue weighted by atomic mass is 9.49. The van der Waals surface area contributed by atoms with Crippen LogP contribution in [-0.2, 0) is 18.3 Å². The molecule has 2 aromatic carbocycles. The molecule has 1 saturated heterocycles. The van der Waals surface area contributed by atoms with Crippen molar-refractivity contribution in [2.75, 3.05) is 13.1 Å². The fraction of sp³-hybridized carbons (Fsp3) is 0.444. The zero-order valence-electron chi connectivity index (χ0n) is 19.4. The van der Waals surface area contributed by atoms with Crippen molar-refractivity contribution >= 4 is 22.5 Å². The van der Waals surface area contributed by atoms with Crippen LogP contribution >= 0.6 is 0 Å². The van der Waals surface area contributed by atoms with Crippen LogP contribution < -0.4 is 16.2 Å². The van der Waals surface area contributed by atoms with Gasteiger partial charge in [-0.1, -0.05) is 6.07 Å². The van der Waals surface area contributed by atoms with E-state index in [1.54, 1.807) is 6.07 Å². The Labute approximate surface area is 202 Å². The highest BCUT2D eigenvalue weighted by atomic mass is 16.5. The summed E-state index contributed by atoms with van der Waals surface area (Å²) in [5.74, 6) is 1.46. The Morgan fingerprint density at radius 3 is 2.89 bits per heavy atom. The molecule has 3 heterocycles. The molecule has 8 nitrogen and oxygen atoms in total. The van der Waals surface area contributed by atoms with Crippen molar-refractivity contribution in [3.05, 3.63) is 52.7 Å². The van der Waals surface area contributed by atoms with Crippen molar-refractivity contribution in [2.24, 2.45) is 22.4 Å². The number of nitrogens with one attached hydrogen (secondary N) is 1. The SMILES string of the molecule is NC(N)=Nc1ccc2[nH]c3c(c2c1)C[C@@]1(O)C2Cc4ccc(O)c5c4[C@@]1(CCN2CC1CC1)C3O5. The number of guanidine groups is 1. The fourth-order valence-electron chi connectivity index (χ4n) is 7.83. The van der Waals surface area contributed by atoms with Crippen LogP contribution in [0.15, 0.2) is 35.3 Å². The van der Waals surface area contributed by atoms with Gasteiger partial charge < -0.3 is 31.4 Å². The molecule has 8 heteroatoms. The largest absolute Gasteiger partial charge is 0.504 e. The van der Waals surface area contributed by atoms with E-state index in [0.717, 1.165) is 59.6 Å². The summed E-state index contributed by atoms with van der Waals surface area (Å²) in [6.45, 7) is 1.98. The van der Waals surface area contributed by atoms with Gasteiger partial charge in [-0.05, 0) is 73.5 Å². The quantitative estimate of drug-likeness (QED) is 0.294. The minimum Gasteiger partial charge on any atom is -0.504 e. The normalized spacial score (nSPS) is 32.1. The molecule has 2 bridgehead atoms.